The van der Waals surface area contributed by atoms with Gasteiger partial charge in [0.15, 0.2) is 0 Å². The molecule has 0 heterocycles. The van der Waals surface area contributed by atoms with Crippen LogP contribution in [-0.2, 0) is 17.9 Å². The average molecular weight is 305 g/mol. The van der Waals surface area contributed by atoms with Crippen LogP contribution >= 0.6 is 0 Å². The summed E-state index contributed by atoms with van der Waals surface area (Å²) in [6.45, 7) is 11.7. The van der Waals surface area contributed by atoms with Crippen molar-refractivity contribution in [2.75, 3.05) is 13.1 Å². The van der Waals surface area contributed by atoms with Crippen LogP contribution < -0.4 is 11.1 Å². The van der Waals surface area contributed by atoms with Crippen LogP contribution in [0, 0.1) is 0 Å². The van der Waals surface area contributed by atoms with Gasteiger partial charge in [0.05, 0.1) is 5.54 Å². The monoisotopic (exact) mass is 305 g/mol. The van der Waals surface area contributed by atoms with Crippen molar-refractivity contribution in [3.05, 3.63) is 35.4 Å². The van der Waals surface area contributed by atoms with Crippen molar-refractivity contribution in [1.29, 1.82) is 0 Å². The lowest BCUT2D eigenvalue weighted by molar-refractivity contribution is -0.126. The number of rotatable bonds is 9. The molecule has 1 unspecified atom stereocenters. The molecule has 0 radical (unpaired) electrons. The molecule has 0 saturated carbocycles. The van der Waals surface area contributed by atoms with Crippen LogP contribution in [-0.4, -0.2) is 29.4 Å². The normalized spacial score (nSPS) is 13.9. The summed E-state index contributed by atoms with van der Waals surface area (Å²) in [6, 6.07) is 8.38. The predicted molar refractivity (Wildman–Crippen MR) is 92.4 cm³/mol. The summed E-state index contributed by atoms with van der Waals surface area (Å²) in [6.07, 6.45) is 1.60. The second kappa shape index (κ2) is 8.91. The van der Waals surface area contributed by atoms with Crippen molar-refractivity contribution >= 4 is 5.91 Å². The summed E-state index contributed by atoms with van der Waals surface area (Å²) in [7, 11) is 0. The van der Waals surface area contributed by atoms with Gasteiger partial charge in [-0.25, -0.2) is 0 Å². The smallest absolute Gasteiger partial charge is 0.240 e. The molecule has 0 bridgehead atoms. The first-order valence-electron chi connectivity index (χ1n) is 8.30. The van der Waals surface area contributed by atoms with E-state index in [1.165, 1.54) is 5.56 Å². The molecule has 0 spiro atoms. The van der Waals surface area contributed by atoms with Crippen LogP contribution in [0.5, 0.6) is 0 Å². The average Bonchev–Trinajstić information content (AvgIpc) is 2.50. The Balaban J connectivity index is 2.62. The van der Waals surface area contributed by atoms with E-state index in [9.17, 15) is 4.79 Å². The topological polar surface area (TPSA) is 58.4 Å². The van der Waals surface area contributed by atoms with Gasteiger partial charge < -0.3 is 11.1 Å². The summed E-state index contributed by atoms with van der Waals surface area (Å²) >= 11 is 0. The largest absolute Gasteiger partial charge is 0.350 e. The van der Waals surface area contributed by atoms with Crippen LogP contribution in [0.3, 0.4) is 0 Å². The number of hydrogen-bond acceptors (Lipinski definition) is 3. The number of amides is 1. The van der Waals surface area contributed by atoms with Gasteiger partial charge in [0.25, 0.3) is 0 Å². The van der Waals surface area contributed by atoms with E-state index in [0.717, 1.165) is 31.6 Å². The Morgan fingerprint density at radius 2 is 1.86 bits per heavy atom. The first-order chi connectivity index (χ1) is 10.4. The van der Waals surface area contributed by atoms with E-state index in [2.05, 4.69) is 36.2 Å². The quantitative estimate of drug-likeness (QED) is 0.737. The fourth-order valence-electron chi connectivity index (χ4n) is 2.56. The Morgan fingerprint density at radius 1 is 1.23 bits per heavy atom. The maximum atomic E-state index is 12.1. The molecule has 22 heavy (non-hydrogen) atoms. The zero-order chi connectivity index (χ0) is 16.6. The van der Waals surface area contributed by atoms with Crippen molar-refractivity contribution in [2.45, 2.75) is 59.2 Å². The van der Waals surface area contributed by atoms with Gasteiger partial charge in [-0.15, -0.1) is 0 Å². The van der Waals surface area contributed by atoms with Gasteiger partial charge in [-0.2, -0.15) is 0 Å². The second-order valence-electron chi connectivity index (χ2n) is 6.13. The molecule has 1 aromatic carbocycles. The molecule has 0 saturated heterocycles. The molecule has 124 valence electrons. The fourth-order valence-corrected chi connectivity index (χ4v) is 2.56. The first kappa shape index (κ1) is 18.7. The molecule has 0 aliphatic carbocycles. The highest BCUT2D eigenvalue weighted by atomic mass is 16.2. The van der Waals surface area contributed by atoms with Gasteiger partial charge in [0.2, 0.25) is 5.91 Å². The zero-order valence-corrected chi connectivity index (χ0v) is 14.5. The van der Waals surface area contributed by atoms with Crippen LogP contribution in [0.15, 0.2) is 24.3 Å². The number of nitrogens with zero attached hydrogens (tertiary/aromatic N) is 1. The van der Waals surface area contributed by atoms with E-state index in [-0.39, 0.29) is 5.91 Å². The van der Waals surface area contributed by atoms with E-state index in [1.807, 2.05) is 19.1 Å². The summed E-state index contributed by atoms with van der Waals surface area (Å²) in [4.78, 5) is 14.5. The molecule has 4 nitrogen and oxygen atoms in total. The molecule has 0 aliphatic heterocycles. The molecule has 1 atom stereocenters. The third kappa shape index (κ3) is 5.78. The van der Waals surface area contributed by atoms with Crippen molar-refractivity contribution in [3.63, 3.8) is 0 Å². The lowest BCUT2D eigenvalue weighted by Crippen LogP contribution is -2.51. The molecule has 1 amide bonds. The molecule has 1 rings (SSSR count). The van der Waals surface area contributed by atoms with E-state index in [1.54, 1.807) is 6.92 Å². The van der Waals surface area contributed by atoms with Crippen molar-refractivity contribution in [3.8, 4) is 0 Å². The molecule has 4 heteroatoms. The van der Waals surface area contributed by atoms with Crippen molar-refractivity contribution in [2.24, 2.45) is 5.73 Å². The lowest BCUT2D eigenvalue weighted by atomic mass is 9.96. The van der Waals surface area contributed by atoms with Crippen LogP contribution in [0.4, 0.5) is 0 Å². The number of nitrogens with two attached hydrogens (primary N) is 1. The third-order valence-electron chi connectivity index (χ3n) is 4.03. The van der Waals surface area contributed by atoms with E-state index in [4.69, 9.17) is 5.73 Å². The molecular formula is C18H31N3O. The summed E-state index contributed by atoms with van der Waals surface area (Å²) in [5.41, 5.74) is 7.66. The number of nitrogens with one attached hydrogen (secondary N) is 1. The highest BCUT2D eigenvalue weighted by Gasteiger charge is 2.26. The lowest BCUT2D eigenvalue weighted by Gasteiger charge is -2.23. The van der Waals surface area contributed by atoms with Gasteiger partial charge >= 0.3 is 0 Å². The molecule has 1 aromatic rings. The minimum absolute atomic E-state index is 0.0801. The summed E-state index contributed by atoms with van der Waals surface area (Å²) in [5, 5.41) is 2.96. The van der Waals surface area contributed by atoms with Crippen LogP contribution in [0.2, 0.25) is 0 Å². The summed E-state index contributed by atoms with van der Waals surface area (Å²) < 4.78 is 0. The molecular weight excluding hydrogens is 274 g/mol. The van der Waals surface area contributed by atoms with Gasteiger partial charge in [-0.1, -0.05) is 51.5 Å². The standard InChI is InChI=1S/C18H31N3O/c1-5-11-18(4,19)17(22)20-13-15-9-8-10-16(12-15)14-21(6-2)7-3/h8-10,12H,5-7,11,13-14,19H2,1-4H3,(H,20,22). The number of hydrogen-bond donors (Lipinski definition) is 2. The van der Waals surface area contributed by atoms with Crippen LogP contribution in [0.1, 0.15) is 51.7 Å². The van der Waals surface area contributed by atoms with Gasteiger partial charge in [0, 0.05) is 13.1 Å². The number of benzene rings is 1. The Labute approximate surface area is 135 Å². The highest BCUT2D eigenvalue weighted by molar-refractivity contribution is 5.85. The van der Waals surface area contributed by atoms with Gasteiger partial charge in [-0.3, -0.25) is 9.69 Å². The second-order valence-corrected chi connectivity index (χ2v) is 6.13. The van der Waals surface area contributed by atoms with Crippen molar-refractivity contribution in [1.82, 2.24) is 10.2 Å². The van der Waals surface area contributed by atoms with E-state index >= 15 is 0 Å². The Kier molecular flexibility index (Phi) is 7.56. The van der Waals surface area contributed by atoms with Gasteiger partial charge in [0.1, 0.15) is 0 Å². The minimum Gasteiger partial charge on any atom is -0.350 e. The Bertz CT molecular complexity index is 467. The first-order valence-corrected chi connectivity index (χ1v) is 8.30. The minimum atomic E-state index is -0.784. The molecule has 0 aliphatic rings. The van der Waals surface area contributed by atoms with Crippen molar-refractivity contribution < 1.29 is 4.79 Å². The number of carbonyl (C=O) groups is 1. The summed E-state index contributed by atoms with van der Waals surface area (Å²) in [5.74, 6) is -0.0801. The maximum absolute atomic E-state index is 12.1. The zero-order valence-electron chi connectivity index (χ0n) is 14.5. The Morgan fingerprint density at radius 3 is 2.45 bits per heavy atom. The third-order valence-corrected chi connectivity index (χ3v) is 4.03. The molecule has 0 fully saturated rings. The van der Waals surface area contributed by atoms with Gasteiger partial charge in [-0.05, 0) is 37.6 Å². The molecule has 0 aromatic heterocycles. The fraction of sp³-hybridized carbons (Fsp3) is 0.611. The predicted octanol–water partition coefficient (Wildman–Crippen LogP) is 2.66. The molecule has 3 N–H and O–H groups in total. The Hall–Kier alpha value is -1.39. The van der Waals surface area contributed by atoms with Crippen LogP contribution in [0.25, 0.3) is 0 Å². The van der Waals surface area contributed by atoms with E-state index in [0.29, 0.717) is 13.0 Å². The highest BCUT2D eigenvalue weighted by Crippen LogP contribution is 2.11. The SMILES string of the molecule is CCCC(C)(N)C(=O)NCc1cccc(CN(CC)CC)c1. The maximum Gasteiger partial charge on any atom is 0.240 e. The number of carbonyl (C=O) groups excluding carboxylic acids is 1. The van der Waals surface area contributed by atoms with E-state index < -0.39 is 5.54 Å².